The van der Waals surface area contributed by atoms with Crippen molar-refractivity contribution in [3.05, 3.63) is 71.0 Å². The number of hydrogen-bond acceptors (Lipinski definition) is 2. The van der Waals surface area contributed by atoms with Crippen molar-refractivity contribution < 1.29 is 9.18 Å². The molecule has 2 atom stereocenters. The molecule has 3 rings (SSSR count). The molecule has 2 aromatic rings. The highest BCUT2D eigenvalue weighted by molar-refractivity contribution is 5.94. The predicted molar refractivity (Wildman–Crippen MR) is 84.2 cm³/mol. The minimum atomic E-state index is -0.353. The van der Waals surface area contributed by atoms with Crippen molar-refractivity contribution in [2.75, 3.05) is 13.1 Å². The molecule has 1 heterocycles. The number of likely N-dealkylation sites (tertiary alicyclic amines) is 1. The third-order valence-electron chi connectivity index (χ3n) is 4.30. The van der Waals surface area contributed by atoms with Gasteiger partial charge in [0.2, 0.25) is 0 Å². The van der Waals surface area contributed by atoms with E-state index in [2.05, 4.69) is 0 Å². The maximum absolute atomic E-state index is 13.6. The SMILES string of the molecule is Cc1ccc(C(=O)N2C[C@@H](N)[C@H](c3ccccc3)C2)cc1F. The summed E-state index contributed by atoms with van der Waals surface area (Å²) in [5.74, 6) is -0.387. The summed E-state index contributed by atoms with van der Waals surface area (Å²) in [4.78, 5) is 14.3. The zero-order valence-corrected chi connectivity index (χ0v) is 12.5. The molecule has 3 nitrogen and oxygen atoms in total. The summed E-state index contributed by atoms with van der Waals surface area (Å²) in [5.41, 5.74) is 8.26. The molecule has 1 aliphatic rings. The molecule has 22 heavy (non-hydrogen) atoms. The lowest BCUT2D eigenvalue weighted by molar-refractivity contribution is 0.0788. The van der Waals surface area contributed by atoms with Crippen molar-refractivity contribution in [3.63, 3.8) is 0 Å². The van der Waals surface area contributed by atoms with Gasteiger partial charge >= 0.3 is 0 Å². The third-order valence-corrected chi connectivity index (χ3v) is 4.30. The first-order valence-electron chi connectivity index (χ1n) is 7.42. The molecule has 0 radical (unpaired) electrons. The highest BCUT2D eigenvalue weighted by Crippen LogP contribution is 2.27. The quantitative estimate of drug-likeness (QED) is 0.926. The van der Waals surface area contributed by atoms with Gasteiger partial charge in [-0.05, 0) is 30.2 Å². The van der Waals surface area contributed by atoms with Crippen LogP contribution in [0.25, 0.3) is 0 Å². The molecule has 0 saturated carbocycles. The van der Waals surface area contributed by atoms with Gasteiger partial charge in [0.15, 0.2) is 0 Å². The number of amides is 1. The van der Waals surface area contributed by atoms with Gasteiger partial charge in [-0.25, -0.2) is 4.39 Å². The first kappa shape index (κ1) is 14.7. The van der Waals surface area contributed by atoms with E-state index in [0.29, 0.717) is 24.2 Å². The van der Waals surface area contributed by atoms with Crippen LogP contribution in [0.1, 0.15) is 27.4 Å². The Bertz CT molecular complexity index is 687. The molecular formula is C18H19FN2O. The molecule has 0 aliphatic carbocycles. The van der Waals surface area contributed by atoms with Crippen LogP contribution >= 0.6 is 0 Å². The molecule has 0 spiro atoms. The topological polar surface area (TPSA) is 46.3 Å². The molecule has 1 aliphatic heterocycles. The number of carbonyl (C=O) groups is 1. The van der Waals surface area contributed by atoms with Crippen molar-refractivity contribution in [2.45, 2.75) is 18.9 Å². The van der Waals surface area contributed by atoms with Gasteiger partial charge in [0, 0.05) is 30.6 Å². The van der Waals surface area contributed by atoms with E-state index in [0.717, 1.165) is 5.56 Å². The zero-order chi connectivity index (χ0) is 15.7. The molecule has 114 valence electrons. The normalized spacial score (nSPS) is 21.1. The summed E-state index contributed by atoms with van der Waals surface area (Å²) in [6.07, 6.45) is 0. The molecule has 4 heteroatoms. The molecule has 0 unspecified atom stereocenters. The van der Waals surface area contributed by atoms with Crippen LogP contribution in [0, 0.1) is 12.7 Å². The summed E-state index contributed by atoms with van der Waals surface area (Å²) < 4.78 is 13.6. The fraction of sp³-hybridized carbons (Fsp3) is 0.278. The lowest BCUT2D eigenvalue weighted by Crippen LogP contribution is -2.32. The molecule has 1 saturated heterocycles. The maximum atomic E-state index is 13.6. The fourth-order valence-electron chi connectivity index (χ4n) is 2.96. The number of nitrogens with zero attached hydrogens (tertiary/aromatic N) is 1. The first-order chi connectivity index (χ1) is 10.6. The van der Waals surface area contributed by atoms with Crippen molar-refractivity contribution in [1.29, 1.82) is 0 Å². The largest absolute Gasteiger partial charge is 0.336 e. The predicted octanol–water partition coefficient (Wildman–Crippen LogP) is 2.70. The average Bonchev–Trinajstić information content (AvgIpc) is 2.92. The summed E-state index contributed by atoms with van der Waals surface area (Å²) in [6.45, 7) is 2.74. The first-order valence-corrected chi connectivity index (χ1v) is 7.42. The number of nitrogens with two attached hydrogens (primary N) is 1. The molecule has 2 N–H and O–H groups in total. The number of halogens is 1. The Morgan fingerprint density at radius 1 is 1.18 bits per heavy atom. The van der Waals surface area contributed by atoms with Gasteiger partial charge in [-0.2, -0.15) is 0 Å². The van der Waals surface area contributed by atoms with Crippen molar-refractivity contribution >= 4 is 5.91 Å². The van der Waals surface area contributed by atoms with Gasteiger partial charge in [0.25, 0.3) is 5.91 Å². The Hall–Kier alpha value is -2.20. The lowest BCUT2D eigenvalue weighted by Gasteiger charge is -2.17. The second-order valence-corrected chi connectivity index (χ2v) is 5.86. The highest BCUT2D eigenvalue weighted by atomic mass is 19.1. The van der Waals surface area contributed by atoms with Crippen LogP contribution in [0.3, 0.4) is 0 Å². The smallest absolute Gasteiger partial charge is 0.254 e. The van der Waals surface area contributed by atoms with E-state index in [-0.39, 0.29) is 23.7 Å². The molecular weight excluding hydrogens is 279 g/mol. The van der Waals surface area contributed by atoms with Gasteiger partial charge < -0.3 is 10.6 Å². The Labute approximate surface area is 129 Å². The second kappa shape index (κ2) is 5.89. The van der Waals surface area contributed by atoms with Crippen LogP contribution in [-0.4, -0.2) is 29.9 Å². The van der Waals surface area contributed by atoms with Crippen molar-refractivity contribution in [3.8, 4) is 0 Å². The van der Waals surface area contributed by atoms with Crippen LogP contribution in [-0.2, 0) is 0 Å². The standard InChI is InChI=1S/C18H19FN2O/c1-12-7-8-14(9-16(12)19)18(22)21-10-15(17(20)11-21)13-5-3-2-4-6-13/h2-9,15,17H,10-11,20H2,1H3/t15-,17+/m0/s1. The second-order valence-electron chi connectivity index (χ2n) is 5.86. The van der Waals surface area contributed by atoms with Crippen LogP contribution in [0.5, 0.6) is 0 Å². The van der Waals surface area contributed by atoms with E-state index in [1.807, 2.05) is 30.3 Å². The Kier molecular flexibility index (Phi) is 3.94. The van der Waals surface area contributed by atoms with Crippen molar-refractivity contribution in [1.82, 2.24) is 4.90 Å². The third kappa shape index (κ3) is 2.74. The summed E-state index contributed by atoms with van der Waals surface area (Å²) in [6, 6.07) is 14.5. The van der Waals surface area contributed by atoms with Crippen LogP contribution in [0.2, 0.25) is 0 Å². The van der Waals surface area contributed by atoms with Gasteiger partial charge in [0.05, 0.1) is 0 Å². The van der Waals surface area contributed by atoms with E-state index >= 15 is 0 Å². The van der Waals surface area contributed by atoms with Crippen LogP contribution in [0.4, 0.5) is 4.39 Å². The molecule has 1 fully saturated rings. The number of aryl methyl sites for hydroxylation is 1. The fourth-order valence-corrected chi connectivity index (χ4v) is 2.96. The van der Waals surface area contributed by atoms with Crippen LogP contribution in [0.15, 0.2) is 48.5 Å². The molecule has 1 amide bonds. The van der Waals surface area contributed by atoms with Gasteiger partial charge in [0.1, 0.15) is 5.82 Å². The Morgan fingerprint density at radius 3 is 2.59 bits per heavy atom. The van der Waals surface area contributed by atoms with E-state index in [1.165, 1.54) is 6.07 Å². The highest BCUT2D eigenvalue weighted by Gasteiger charge is 2.34. The van der Waals surface area contributed by atoms with E-state index in [1.54, 1.807) is 24.0 Å². The van der Waals surface area contributed by atoms with E-state index in [9.17, 15) is 9.18 Å². The zero-order valence-electron chi connectivity index (χ0n) is 12.5. The maximum Gasteiger partial charge on any atom is 0.254 e. The summed E-state index contributed by atoms with van der Waals surface area (Å²) in [7, 11) is 0. The lowest BCUT2D eigenvalue weighted by atomic mass is 9.95. The van der Waals surface area contributed by atoms with E-state index in [4.69, 9.17) is 5.73 Å². The van der Waals surface area contributed by atoms with Gasteiger partial charge in [-0.15, -0.1) is 0 Å². The van der Waals surface area contributed by atoms with Gasteiger partial charge in [-0.3, -0.25) is 4.79 Å². The number of rotatable bonds is 2. The van der Waals surface area contributed by atoms with Crippen molar-refractivity contribution in [2.24, 2.45) is 5.73 Å². The minimum absolute atomic E-state index is 0.0957. The summed E-state index contributed by atoms with van der Waals surface area (Å²) >= 11 is 0. The number of carbonyl (C=O) groups excluding carboxylic acids is 1. The number of hydrogen-bond donors (Lipinski definition) is 1. The van der Waals surface area contributed by atoms with E-state index < -0.39 is 0 Å². The summed E-state index contributed by atoms with van der Waals surface area (Å²) in [5, 5.41) is 0. The molecule has 0 bridgehead atoms. The monoisotopic (exact) mass is 298 g/mol. The van der Waals surface area contributed by atoms with Gasteiger partial charge in [-0.1, -0.05) is 36.4 Å². The minimum Gasteiger partial charge on any atom is -0.336 e. The Balaban J connectivity index is 1.79. The molecule has 0 aromatic heterocycles. The molecule has 2 aromatic carbocycles. The Morgan fingerprint density at radius 2 is 1.91 bits per heavy atom. The number of benzene rings is 2. The average molecular weight is 298 g/mol. The van der Waals surface area contributed by atoms with Crippen LogP contribution < -0.4 is 5.73 Å².